The maximum absolute atomic E-state index is 4.78. The fourth-order valence-corrected chi connectivity index (χ4v) is 0. The normalized spacial score (nSPS) is 7.25. The van der Waals surface area contributed by atoms with Crippen LogP contribution in [0.1, 0.15) is 0 Å². The molecule has 0 saturated carbocycles. The Morgan fingerprint density at radius 3 is 2.00 bits per heavy atom. The average Bonchev–Trinajstić information content (AvgIpc) is 1.37. The summed E-state index contributed by atoms with van der Waals surface area (Å²) in [5, 5.41) is 4.78. The molecule has 0 bridgehead atoms. The van der Waals surface area contributed by atoms with Gasteiger partial charge in [0.15, 0.2) is 7.12 Å². The maximum Gasteiger partial charge on any atom is 0.179 e. The van der Waals surface area contributed by atoms with E-state index < -0.39 is 0 Å². The summed E-state index contributed by atoms with van der Waals surface area (Å²) in [4.78, 5) is 0. The minimum absolute atomic E-state index is 1.05. The van der Waals surface area contributed by atoms with Gasteiger partial charge >= 0.3 is 0 Å². The molecule has 0 aromatic heterocycles. The Hall–Kier alpha value is 0.725. The number of nitrogens with two attached hydrogens (primary N) is 1. The van der Waals surface area contributed by atoms with Crippen molar-refractivity contribution in [2.75, 3.05) is 0 Å². The Morgan fingerprint density at radius 1 is 1.75 bits per heavy atom. The van der Waals surface area contributed by atoms with Gasteiger partial charge in [-0.15, -0.1) is 10.6 Å². The Bertz CT molecular complexity index is 8.00. The molecule has 2 N–H and O–H groups in total. The minimum atomic E-state index is 1.05. The number of hydrogen-bond acceptors (Lipinski definition) is 3. The van der Waals surface area contributed by atoms with Gasteiger partial charge in [0.25, 0.3) is 0 Å². The van der Waals surface area contributed by atoms with E-state index in [-0.39, 0.29) is 0 Å². The van der Waals surface area contributed by atoms with Gasteiger partial charge in [0.2, 0.25) is 0 Å². The van der Waals surface area contributed by atoms with Crippen molar-refractivity contribution in [2.24, 2.45) is 5.14 Å². The summed E-state index contributed by atoms with van der Waals surface area (Å²) in [6.07, 6.45) is 0. The van der Waals surface area contributed by atoms with E-state index in [1.165, 1.54) is 0 Å². The molecule has 0 heterocycles. The molecule has 0 amide bonds. The van der Waals surface area contributed by atoms with E-state index in [2.05, 4.69) is 0 Å². The fraction of sp³-hybridized carbons (Fsp3) is 0. The Balaban J connectivity index is 1.97. The van der Waals surface area contributed by atoms with Crippen LogP contribution in [0.5, 0.6) is 0 Å². The zero-order chi connectivity index (χ0) is 3.41. The first-order chi connectivity index (χ1) is 1.91. The molecule has 0 spiro atoms. The van der Waals surface area contributed by atoms with E-state index in [4.69, 9.17) is 12.3 Å². The lowest BCUT2D eigenvalue weighted by Gasteiger charge is -1.70. The van der Waals surface area contributed by atoms with Crippen LogP contribution in [-0.4, -0.2) is 7.12 Å². The highest BCUT2D eigenvalue weighted by Gasteiger charge is 1.55. The van der Waals surface area contributed by atoms with Crippen LogP contribution < -0.4 is 5.14 Å². The summed E-state index contributed by atoms with van der Waals surface area (Å²) in [5.41, 5.74) is 0. The largest absolute Gasteiger partial charge is 0.269 e. The molecule has 0 unspecified atom stereocenters. The standard InChI is InChI=1S/BH2NS2/c1-3-4-2/h2H2. The minimum Gasteiger partial charge on any atom is -0.269 e. The van der Waals surface area contributed by atoms with Gasteiger partial charge in [0, 0.05) is 0 Å². The highest BCUT2D eigenvalue weighted by Crippen LogP contribution is 2.02. The quantitative estimate of drug-likeness (QED) is 0.286. The fourth-order valence-electron chi connectivity index (χ4n) is 0. The van der Waals surface area contributed by atoms with Gasteiger partial charge in [-0.05, 0) is 11.0 Å². The molecule has 0 fully saturated rings. The zero-order valence-electron chi connectivity index (χ0n) is 1.97. The smallest absolute Gasteiger partial charge is 0.179 e. The van der Waals surface area contributed by atoms with Crippen LogP contribution in [0.2, 0.25) is 0 Å². The zero-order valence-corrected chi connectivity index (χ0v) is 3.60. The van der Waals surface area contributed by atoms with Crippen molar-refractivity contribution in [1.82, 2.24) is 0 Å². The molecule has 0 saturated heterocycles. The van der Waals surface area contributed by atoms with E-state index in [1.807, 2.05) is 0 Å². The van der Waals surface area contributed by atoms with Crippen molar-refractivity contribution in [1.29, 1.82) is 0 Å². The molecule has 0 rings (SSSR count). The van der Waals surface area contributed by atoms with Crippen molar-refractivity contribution in [3.63, 3.8) is 0 Å². The summed E-state index contributed by atoms with van der Waals surface area (Å²) < 4.78 is 0. The molecule has 0 aliphatic rings. The first kappa shape index (κ1) is 4.72. The molecule has 22 valence electrons. The first-order valence-corrected chi connectivity index (χ1v) is 2.91. The lowest BCUT2D eigenvalue weighted by molar-refractivity contribution is 2.07. The van der Waals surface area contributed by atoms with Crippen molar-refractivity contribution < 1.29 is 0 Å². The van der Waals surface area contributed by atoms with Crippen molar-refractivity contribution in [2.45, 2.75) is 0 Å². The third kappa shape index (κ3) is 2.72. The second-order valence-electron chi connectivity index (χ2n) is 0.192. The van der Waals surface area contributed by atoms with Crippen molar-refractivity contribution in [3.8, 4) is 0 Å². The van der Waals surface area contributed by atoms with Crippen molar-refractivity contribution in [3.05, 3.63) is 0 Å². The van der Waals surface area contributed by atoms with E-state index in [0.29, 0.717) is 0 Å². The summed E-state index contributed by atoms with van der Waals surface area (Å²) >= 11 is 0. The Labute approximate surface area is 34.5 Å². The predicted molar refractivity (Wildman–Crippen MR) is 25.1 cm³/mol. The van der Waals surface area contributed by atoms with Gasteiger partial charge < -0.3 is 0 Å². The molecule has 0 aromatic carbocycles. The molecule has 0 atom stereocenters. The summed E-state index contributed by atoms with van der Waals surface area (Å²) in [6.45, 7) is 0. The van der Waals surface area contributed by atoms with Crippen LogP contribution in [0.4, 0.5) is 0 Å². The summed E-state index contributed by atoms with van der Waals surface area (Å²) in [6, 6.07) is 0. The maximum atomic E-state index is 4.78. The van der Waals surface area contributed by atoms with E-state index in [9.17, 15) is 0 Å². The van der Waals surface area contributed by atoms with Crippen LogP contribution in [0.25, 0.3) is 0 Å². The van der Waals surface area contributed by atoms with Crippen molar-refractivity contribution >= 4 is 28.7 Å². The van der Waals surface area contributed by atoms with Gasteiger partial charge in [0.1, 0.15) is 0 Å². The van der Waals surface area contributed by atoms with Crippen LogP contribution in [0, 0.1) is 0 Å². The third-order valence-corrected chi connectivity index (χ3v) is 0.500. The molecule has 4 heteroatoms. The summed E-state index contributed by atoms with van der Waals surface area (Å²) in [7, 11) is 6.88. The average molecular weight is 91.0 g/mol. The third-order valence-electron chi connectivity index (χ3n) is 0.0556. The molecular weight excluding hydrogens is 89.0 g/mol. The number of rotatable bonds is 1. The van der Waals surface area contributed by atoms with Crippen LogP contribution in [-0.2, 0) is 0 Å². The first-order valence-electron chi connectivity index (χ1n) is 0.638. The van der Waals surface area contributed by atoms with Gasteiger partial charge in [0.05, 0.1) is 0 Å². The van der Waals surface area contributed by atoms with Gasteiger partial charge in [-0.3, -0.25) is 5.14 Å². The van der Waals surface area contributed by atoms with Gasteiger partial charge in [-0.1, -0.05) is 0 Å². The molecule has 2 radical (unpaired) electrons. The second kappa shape index (κ2) is 3.72. The highest BCUT2D eigenvalue weighted by molar-refractivity contribution is 8.83. The summed E-state index contributed by atoms with van der Waals surface area (Å²) in [5.74, 6) is 0. The monoisotopic (exact) mass is 91.0 g/mol. The van der Waals surface area contributed by atoms with Crippen LogP contribution >= 0.6 is 21.6 Å². The van der Waals surface area contributed by atoms with Crippen LogP contribution in [0.15, 0.2) is 0 Å². The molecule has 1 nitrogen and oxygen atoms in total. The van der Waals surface area contributed by atoms with Crippen LogP contribution in [0.3, 0.4) is 0 Å². The lowest BCUT2D eigenvalue weighted by Crippen LogP contribution is -1.64. The second-order valence-corrected chi connectivity index (χ2v) is 1.73. The molecule has 4 heavy (non-hydrogen) atoms. The topological polar surface area (TPSA) is 26.0 Å². The lowest BCUT2D eigenvalue weighted by atomic mass is 10.8. The van der Waals surface area contributed by atoms with Gasteiger partial charge in [-0.2, -0.15) is 0 Å². The molecule has 0 aliphatic heterocycles. The Morgan fingerprint density at radius 2 is 2.00 bits per heavy atom. The Kier molecular flexibility index (Phi) is 4.40. The van der Waals surface area contributed by atoms with E-state index in [0.717, 1.165) is 21.6 Å². The SMILES string of the molecule is [B]SSN. The molecule has 0 aliphatic carbocycles. The number of hydrogen-bond donors (Lipinski definition) is 1. The highest BCUT2D eigenvalue weighted by atomic mass is 33.1. The molecular formula is H2BNS2. The van der Waals surface area contributed by atoms with E-state index in [1.54, 1.807) is 0 Å². The predicted octanol–water partition coefficient (Wildman–Crippen LogP) is 0.325. The van der Waals surface area contributed by atoms with Gasteiger partial charge in [-0.25, -0.2) is 0 Å². The van der Waals surface area contributed by atoms with E-state index >= 15 is 0 Å². The molecule has 0 aromatic rings.